The molecule has 0 unspecified atom stereocenters. The van der Waals surface area contributed by atoms with Gasteiger partial charge in [0.15, 0.2) is 0 Å². The highest BCUT2D eigenvalue weighted by molar-refractivity contribution is 7.90. The van der Waals surface area contributed by atoms with Gasteiger partial charge in [-0.05, 0) is 64.4 Å². The maximum atomic E-state index is 13.2. The Hall–Kier alpha value is -2.61. The van der Waals surface area contributed by atoms with Crippen molar-refractivity contribution in [3.05, 3.63) is 42.5 Å². The number of hydrogen-bond donors (Lipinski definition) is 0. The monoisotopic (exact) mass is 407 g/mol. The summed E-state index contributed by atoms with van der Waals surface area (Å²) in [5, 5.41) is 1.47. The molecule has 0 spiro atoms. The van der Waals surface area contributed by atoms with Crippen molar-refractivity contribution in [3.63, 3.8) is 0 Å². The largest absolute Gasteiger partial charge is 0.443 e. The number of fused-ring (bicyclic) bond motifs is 1. The SMILES string of the molecule is CC(C)(C)OC(=O)N(C(=O)OC(C)(C)C)S(=O)(=O)c1ccc2ccccc2c1. The van der Waals surface area contributed by atoms with E-state index in [2.05, 4.69) is 0 Å². The fraction of sp³-hybridized carbons (Fsp3) is 0.400. The third kappa shape index (κ3) is 5.22. The maximum Gasteiger partial charge on any atom is 0.434 e. The Morgan fingerprint density at radius 1 is 0.786 bits per heavy atom. The average Bonchev–Trinajstić information content (AvgIpc) is 2.50. The summed E-state index contributed by atoms with van der Waals surface area (Å²) < 4.78 is 36.6. The Bertz CT molecular complexity index is 971. The van der Waals surface area contributed by atoms with E-state index in [1.807, 2.05) is 12.1 Å². The van der Waals surface area contributed by atoms with Crippen LogP contribution < -0.4 is 0 Å². The van der Waals surface area contributed by atoms with Crippen LogP contribution in [0, 0.1) is 0 Å². The molecule has 8 heteroatoms. The van der Waals surface area contributed by atoms with Gasteiger partial charge in [0.05, 0.1) is 4.90 Å². The van der Waals surface area contributed by atoms with Gasteiger partial charge >= 0.3 is 12.2 Å². The number of amides is 2. The summed E-state index contributed by atoms with van der Waals surface area (Å²) in [5.74, 6) is 0. The molecule has 2 aromatic rings. The van der Waals surface area contributed by atoms with Crippen molar-refractivity contribution in [2.75, 3.05) is 0 Å². The maximum absolute atomic E-state index is 13.2. The minimum Gasteiger partial charge on any atom is -0.443 e. The molecule has 2 rings (SSSR count). The zero-order chi connectivity index (χ0) is 21.3. The van der Waals surface area contributed by atoms with Crippen LogP contribution in [0.5, 0.6) is 0 Å². The molecule has 2 amide bonds. The predicted molar refractivity (Wildman–Crippen MR) is 105 cm³/mol. The molecule has 28 heavy (non-hydrogen) atoms. The van der Waals surface area contributed by atoms with E-state index in [4.69, 9.17) is 9.47 Å². The van der Waals surface area contributed by atoms with Crippen molar-refractivity contribution in [1.29, 1.82) is 0 Å². The standard InChI is InChI=1S/C20H25NO6S/c1-19(2,3)26-17(22)21(18(23)27-20(4,5)6)28(24,25)16-12-11-14-9-7-8-10-15(14)13-16/h7-13H,1-6H3. The van der Waals surface area contributed by atoms with Crippen LogP contribution in [-0.2, 0) is 19.5 Å². The van der Waals surface area contributed by atoms with Gasteiger partial charge in [-0.25, -0.2) is 18.0 Å². The molecule has 0 fully saturated rings. The molecule has 0 aromatic heterocycles. The molecule has 7 nitrogen and oxygen atoms in total. The summed E-state index contributed by atoms with van der Waals surface area (Å²) >= 11 is 0. The number of carbonyl (C=O) groups excluding carboxylic acids is 2. The predicted octanol–water partition coefficient (Wildman–Crippen LogP) is 4.70. The van der Waals surface area contributed by atoms with Crippen LogP contribution in [0.15, 0.2) is 47.4 Å². The second-order valence-corrected chi connectivity index (χ2v) is 10.0. The molecule has 0 saturated heterocycles. The van der Waals surface area contributed by atoms with Crippen LogP contribution in [0.2, 0.25) is 0 Å². The van der Waals surface area contributed by atoms with Gasteiger partial charge < -0.3 is 9.47 Å². The average molecular weight is 407 g/mol. The number of sulfonamides is 1. The number of hydrogen-bond acceptors (Lipinski definition) is 6. The van der Waals surface area contributed by atoms with Crippen LogP contribution in [-0.4, -0.2) is 36.1 Å². The van der Waals surface area contributed by atoms with Gasteiger partial charge in [-0.3, -0.25) is 0 Å². The van der Waals surface area contributed by atoms with Crippen LogP contribution in [0.4, 0.5) is 9.59 Å². The second kappa shape index (κ2) is 7.43. The van der Waals surface area contributed by atoms with E-state index in [-0.39, 0.29) is 9.20 Å². The molecule has 0 aliphatic carbocycles. The zero-order valence-corrected chi connectivity index (χ0v) is 17.7. The first kappa shape index (κ1) is 21.7. The van der Waals surface area contributed by atoms with Gasteiger partial charge in [0.1, 0.15) is 11.2 Å². The number of imide groups is 1. The van der Waals surface area contributed by atoms with Crippen LogP contribution >= 0.6 is 0 Å². The molecular formula is C20H25NO6S. The first-order valence-corrected chi connectivity index (χ1v) is 10.1. The van der Waals surface area contributed by atoms with Gasteiger partial charge in [-0.2, -0.15) is 0 Å². The van der Waals surface area contributed by atoms with E-state index in [0.717, 1.165) is 5.39 Å². The van der Waals surface area contributed by atoms with Gasteiger partial charge in [-0.1, -0.05) is 34.6 Å². The van der Waals surface area contributed by atoms with E-state index in [9.17, 15) is 18.0 Å². The molecule has 0 bridgehead atoms. The first-order chi connectivity index (χ1) is 12.7. The lowest BCUT2D eigenvalue weighted by Crippen LogP contribution is -2.46. The minimum absolute atomic E-state index is 0.0353. The third-order valence-corrected chi connectivity index (χ3v) is 5.01. The Kier molecular flexibility index (Phi) is 5.75. The number of rotatable bonds is 2. The number of carbonyl (C=O) groups is 2. The highest BCUT2D eigenvalue weighted by atomic mass is 32.2. The Morgan fingerprint density at radius 3 is 1.71 bits per heavy atom. The Labute approximate surface area is 165 Å². The minimum atomic E-state index is -4.55. The van der Waals surface area contributed by atoms with Crippen LogP contribution in [0.1, 0.15) is 41.5 Å². The molecule has 0 saturated carbocycles. The van der Waals surface area contributed by atoms with Gasteiger partial charge in [-0.15, -0.1) is 0 Å². The first-order valence-electron chi connectivity index (χ1n) is 8.71. The third-order valence-electron chi connectivity index (χ3n) is 3.38. The molecule has 0 aliphatic rings. The van der Waals surface area contributed by atoms with Gasteiger partial charge in [0.25, 0.3) is 10.0 Å². The Morgan fingerprint density at radius 2 is 1.25 bits per heavy atom. The van der Waals surface area contributed by atoms with E-state index < -0.39 is 33.4 Å². The summed E-state index contributed by atoms with van der Waals surface area (Å²) in [6.07, 6.45) is -2.65. The lowest BCUT2D eigenvalue weighted by Gasteiger charge is -2.28. The quantitative estimate of drug-likeness (QED) is 0.717. The summed E-state index contributed by atoms with van der Waals surface area (Å²) in [6, 6.07) is 11.5. The highest BCUT2D eigenvalue weighted by Crippen LogP contribution is 2.25. The van der Waals surface area contributed by atoms with Crippen molar-refractivity contribution in [2.24, 2.45) is 0 Å². The number of ether oxygens (including phenoxy) is 2. The molecule has 0 atom stereocenters. The molecule has 0 radical (unpaired) electrons. The normalized spacial score (nSPS) is 12.5. The second-order valence-electron chi connectivity index (χ2n) is 8.24. The molecular weight excluding hydrogens is 382 g/mol. The van der Waals surface area contributed by atoms with E-state index in [0.29, 0.717) is 5.39 Å². The van der Waals surface area contributed by atoms with Crippen molar-refractivity contribution >= 4 is 33.0 Å². The van der Waals surface area contributed by atoms with Crippen molar-refractivity contribution < 1.29 is 27.5 Å². The van der Waals surface area contributed by atoms with E-state index in [1.54, 1.807) is 59.7 Å². The molecule has 152 valence electrons. The van der Waals surface area contributed by atoms with Gasteiger partial charge in [0.2, 0.25) is 0 Å². The van der Waals surface area contributed by atoms with Crippen LogP contribution in [0.3, 0.4) is 0 Å². The smallest absolute Gasteiger partial charge is 0.434 e. The highest BCUT2D eigenvalue weighted by Gasteiger charge is 2.41. The van der Waals surface area contributed by atoms with Crippen molar-refractivity contribution in [2.45, 2.75) is 57.6 Å². The van der Waals surface area contributed by atoms with Crippen molar-refractivity contribution in [1.82, 2.24) is 4.31 Å². The lowest BCUT2D eigenvalue weighted by atomic mass is 10.1. The zero-order valence-electron chi connectivity index (χ0n) is 16.8. The Balaban J connectivity index is 2.55. The molecule has 0 heterocycles. The fourth-order valence-corrected chi connectivity index (χ4v) is 3.50. The van der Waals surface area contributed by atoms with Crippen molar-refractivity contribution in [3.8, 4) is 0 Å². The molecule has 2 aromatic carbocycles. The molecule has 0 N–H and O–H groups in total. The summed E-state index contributed by atoms with van der Waals surface area (Å²) in [4.78, 5) is 25.0. The van der Waals surface area contributed by atoms with Crippen LogP contribution in [0.25, 0.3) is 10.8 Å². The summed E-state index contributed by atoms with van der Waals surface area (Å²) in [7, 11) is -4.55. The lowest BCUT2D eigenvalue weighted by molar-refractivity contribution is 0.0174. The summed E-state index contributed by atoms with van der Waals surface area (Å²) in [5.41, 5.74) is -2.01. The van der Waals surface area contributed by atoms with Gasteiger partial charge in [0, 0.05) is 0 Å². The van der Waals surface area contributed by atoms with E-state index >= 15 is 0 Å². The summed E-state index contributed by atoms with van der Waals surface area (Å²) in [6.45, 7) is 9.42. The number of nitrogens with zero attached hydrogens (tertiary/aromatic N) is 1. The molecule has 0 aliphatic heterocycles. The van der Waals surface area contributed by atoms with E-state index in [1.165, 1.54) is 12.1 Å². The fourth-order valence-electron chi connectivity index (χ4n) is 2.31. The topological polar surface area (TPSA) is 90.0 Å². The number of benzene rings is 2.